The molecule has 370 valence electrons. The predicted octanol–water partition coefficient (Wildman–Crippen LogP) is 15.0. The summed E-state index contributed by atoms with van der Waals surface area (Å²) in [6.07, 6.45) is 58.9. The van der Waals surface area contributed by atoms with Crippen molar-refractivity contribution in [3.8, 4) is 0 Å². The second kappa shape index (κ2) is 45.6. The smallest absolute Gasteiger partial charge is 0.268 e. The molecule has 0 aliphatic rings. The summed E-state index contributed by atoms with van der Waals surface area (Å²) in [4.78, 5) is 25.4. The Labute approximate surface area is 390 Å². The van der Waals surface area contributed by atoms with Gasteiger partial charge in [-0.2, -0.15) is 0 Å². The Balaban J connectivity index is 4.36. The van der Waals surface area contributed by atoms with Gasteiger partial charge < -0.3 is 28.8 Å². The predicted molar refractivity (Wildman–Crippen MR) is 270 cm³/mol. The molecule has 2 N–H and O–H groups in total. The third-order valence-corrected chi connectivity index (χ3v) is 12.7. The highest BCUT2D eigenvalue weighted by Gasteiger charge is 2.23. The Morgan fingerprint density at radius 3 is 1.29 bits per heavy atom. The highest BCUT2D eigenvalue weighted by Crippen LogP contribution is 2.38. The lowest BCUT2D eigenvalue weighted by Gasteiger charge is -2.29. The average Bonchev–Trinajstić information content (AvgIpc) is 3.24. The fraction of sp³-hybridized carbons (Fsp3) is 0.833. The van der Waals surface area contributed by atoms with E-state index < -0.39 is 26.6 Å². The molecule has 0 rings (SSSR count). The van der Waals surface area contributed by atoms with Crippen LogP contribution < -0.4 is 10.2 Å². The molecule has 0 aromatic rings. The van der Waals surface area contributed by atoms with E-state index in [4.69, 9.17) is 9.05 Å². The first-order valence-corrected chi connectivity index (χ1v) is 28.0. The van der Waals surface area contributed by atoms with Crippen LogP contribution in [0.25, 0.3) is 0 Å². The van der Waals surface area contributed by atoms with Crippen molar-refractivity contribution < 1.29 is 32.9 Å². The van der Waals surface area contributed by atoms with E-state index in [1.54, 1.807) is 6.08 Å². The van der Waals surface area contributed by atoms with Crippen LogP contribution >= 0.6 is 7.82 Å². The summed E-state index contributed by atoms with van der Waals surface area (Å²) >= 11 is 0. The van der Waals surface area contributed by atoms with Crippen molar-refractivity contribution in [2.24, 2.45) is 0 Å². The van der Waals surface area contributed by atoms with Crippen LogP contribution in [0, 0.1) is 0 Å². The minimum absolute atomic E-state index is 0.00988. The van der Waals surface area contributed by atoms with E-state index in [-0.39, 0.29) is 12.5 Å². The number of carbonyl (C=O) groups is 1. The first-order valence-electron chi connectivity index (χ1n) is 26.5. The van der Waals surface area contributed by atoms with Crippen LogP contribution in [0.1, 0.15) is 239 Å². The minimum Gasteiger partial charge on any atom is -0.756 e. The van der Waals surface area contributed by atoms with E-state index >= 15 is 0 Å². The van der Waals surface area contributed by atoms with Crippen LogP contribution in [-0.4, -0.2) is 68.5 Å². The maximum Gasteiger partial charge on any atom is 0.268 e. The molecule has 0 radical (unpaired) electrons. The molecule has 0 fully saturated rings. The Morgan fingerprint density at radius 2 is 0.889 bits per heavy atom. The minimum atomic E-state index is -4.61. The topological polar surface area (TPSA) is 108 Å². The van der Waals surface area contributed by atoms with Gasteiger partial charge in [-0.3, -0.25) is 9.36 Å². The van der Waals surface area contributed by atoms with Gasteiger partial charge in [-0.05, 0) is 70.6 Å². The summed E-state index contributed by atoms with van der Waals surface area (Å²) in [6.45, 7) is 4.63. The Bertz CT molecular complexity index is 1170. The quantitative estimate of drug-likeness (QED) is 0.0272. The second-order valence-electron chi connectivity index (χ2n) is 19.2. The monoisotopic (exact) mass is 907 g/mol. The maximum atomic E-state index is 12.9. The third kappa shape index (κ3) is 48.2. The molecule has 3 atom stereocenters. The van der Waals surface area contributed by atoms with Gasteiger partial charge in [-0.1, -0.05) is 210 Å². The van der Waals surface area contributed by atoms with Crippen LogP contribution in [0.2, 0.25) is 0 Å². The molecule has 0 aliphatic heterocycles. The van der Waals surface area contributed by atoms with Crippen molar-refractivity contribution in [2.45, 2.75) is 251 Å². The van der Waals surface area contributed by atoms with Gasteiger partial charge in [0.25, 0.3) is 7.82 Å². The Kier molecular flexibility index (Phi) is 44.5. The summed E-state index contributed by atoms with van der Waals surface area (Å²) in [7, 11) is 1.23. The van der Waals surface area contributed by atoms with Crippen LogP contribution in [-0.2, 0) is 18.4 Å². The molecule has 0 aromatic heterocycles. The normalized spacial score (nSPS) is 14.5. The molecule has 3 unspecified atom stereocenters. The molecule has 63 heavy (non-hydrogen) atoms. The van der Waals surface area contributed by atoms with Gasteiger partial charge in [-0.25, -0.2) is 0 Å². The number of hydrogen-bond donors (Lipinski definition) is 2. The molecular weight excluding hydrogens is 804 g/mol. The van der Waals surface area contributed by atoms with Crippen LogP contribution in [0.15, 0.2) is 48.6 Å². The molecule has 0 spiro atoms. The molecule has 0 heterocycles. The number of nitrogens with zero attached hydrogens (tertiary/aromatic N) is 1. The summed E-state index contributed by atoms with van der Waals surface area (Å²) in [5.41, 5.74) is 0. The summed E-state index contributed by atoms with van der Waals surface area (Å²) in [5, 5.41) is 13.8. The molecule has 1 amide bonds. The van der Waals surface area contributed by atoms with Crippen molar-refractivity contribution in [1.29, 1.82) is 0 Å². The Morgan fingerprint density at radius 1 is 0.540 bits per heavy atom. The van der Waals surface area contributed by atoms with Gasteiger partial charge in [0, 0.05) is 6.42 Å². The second-order valence-corrected chi connectivity index (χ2v) is 20.6. The lowest BCUT2D eigenvalue weighted by Crippen LogP contribution is -2.45. The highest BCUT2D eigenvalue weighted by atomic mass is 31.2. The molecule has 0 saturated carbocycles. The lowest BCUT2D eigenvalue weighted by atomic mass is 10.0. The number of phosphoric acid groups is 1. The van der Waals surface area contributed by atoms with Gasteiger partial charge in [0.2, 0.25) is 5.91 Å². The van der Waals surface area contributed by atoms with Crippen molar-refractivity contribution in [3.63, 3.8) is 0 Å². The number of rotatable bonds is 48. The standard InChI is InChI=1S/C54H103N2O6P/c1-6-8-10-12-14-16-18-20-22-24-26-28-30-32-34-36-38-40-42-44-46-48-54(58)55-52(51-62-63(59,60)61-50-49-56(3,4)5)53(57)47-45-43-41-39-37-35-33-31-29-27-25-23-21-19-17-15-13-11-9-7-2/h24,26,29,31,37,39,45,47,52-53,57H,6-23,25,27-28,30,32-36,38,40-44,46,48-51H2,1-5H3,(H-,55,58,59,60)/b26-24-,31-29+,39-37+,47-45+. The molecular formula is C54H103N2O6P. The van der Waals surface area contributed by atoms with E-state index in [2.05, 4.69) is 55.6 Å². The summed E-state index contributed by atoms with van der Waals surface area (Å²) in [6, 6.07) is -0.911. The van der Waals surface area contributed by atoms with Gasteiger partial charge in [0.15, 0.2) is 0 Å². The number of unbranched alkanes of at least 4 members (excludes halogenated alkanes) is 29. The Hall–Kier alpha value is -1.54. The molecule has 0 aliphatic carbocycles. The number of amides is 1. The van der Waals surface area contributed by atoms with Crippen molar-refractivity contribution in [3.05, 3.63) is 48.6 Å². The number of allylic oxidation sites excluding steroid dienone is 7. The van der Waals surface area contributed by atoms with Gasteiger partial charge in [0.1, 0.15) is 13.2 Å². The number of phosphoric ester groups is 1. The lowest BCUT2D eigenvalue weighted by molar-refractivity contribution is -0.870. The molecule has 9 heteroatoms. The van der Waals surface area contributed by atoms with E-state index in [1.807, 2.05) is 27.2 Å². The van der Waals surface area contributed by atoms with Gasteiger partial charge >= 0.3 is 0 Å². The van der Waals surface area contributed by atoms with Crippen molar-refractivity contribution >= 4 is 13.7 Å². The summed E-state index contributed by atoms with van der Waals surface area (Å²) in [5.74, 6) is -0.213. The van der Waals surface area contributed by atoms with E-state index in [0.29, 0.717) is 17.4 Å². The first-order chi connectivity index (χ1) is 30.5. The van der Waals surface area contributed by atoms with Crippen molar-refractivity contribution in [1.82, 2.24) is 5.32 Å². The van der Waals surface area contributed by atoms with E-state index in [0.717, 1.165) is 44.9 Å². The average molecular weight is 907 g/mol. The van der Waals surface area contributed by atoms with E-state index in [1.165, 1.54) is 173 Å². The fourth-order valence-corrected chi connectivity index (χ4v) is 8.26. The zero-order chi connectivity index (χ0) is 46.4. The van der Waals surface area contributed by atoms with E-state index in [9.17, 15) is 19.4 Å². The molecule has 8 nitrogen and oxygen atoms in total. The number of likely N-dealkylation sites (N-methyl/N-ethyl adjacent to an activating group) is 1. The zero-order valence-electron chi connectivity index (χ0n) is 42.0. The number of nitrogens with one attached hydrogen (secondary N) is 1. The zero-order valence-corrected chi connectivity index (χ0v) is 42.9. The highest BCUT2D eigenvalue weighted by molar-refractivity contribution is 7.45. The van der Waals surface area contributed by atoms with Crippen molar-refractivity contribution in [2.75, 3.05) is 40.9 Å². The maximum absolute atomic E-state index is 12.9. The molecule has 0 saturated heterocycles. The van der Waals surface area contributed by atoms with Gasteiger partial charge in [-0.15, -0.1) is 0 Å². The number of carbonyl (C=O) groups excluding carboxylic acids is 1. The largest absolute Gasteiger partial charge is 0.756 e. The third-order valence-electron chi connectivity index (χ3n) is 11.7. The van der Waals surface area contributed by atoms with Gasteiger partial charge in [0.05, 0.1) is 39.9 Å². The number of aliphatic hydroxyl groups excluding tert-OH is 1. The van der Waals surface area contributed by atoms with Crippen LogP contribution in [0.3, 0.4) is 0 Å². The van der Waals surface area contributed by atoms with Crippen LogP contribution in [0.4, 0.5) is 0 Å². The number of hydrogen-bond acceptors (Lipinski definition) is 6. The van der Waals surface area contributed by atoms with Crippen LogP contribution in [0.5, 0.6) is 0 Å². The SMILES string of the molecule is CCCCCCCCCC/C=C\CCCCCCCCCCCC(=O)NC(COP(=O)([O-])OCC[N+](C)(C)C)C(O)/C=C/CC/C=C/CC/C=C/CCCCCCCCCCCC. The number of quaternary nitrogens is 1. The fourth-order valence-electron chi connectivity index (χ4n) is 7.53. The summed E-state index contributed by atoms with van der Waals surface area (Å²) < 4.78 is 23.3. The molecule has 0 aromatic carbocycles. The first kappa shape index (κ1) is 61.5. The molecule has 0 bridgehead atoms. The number of aliphatic hydroxyl groups is 1.